The molecule has 0 spiro atoms. The van der Waals surface area contributed by atoms with Crippen LogP contribution in [0.3, 0.4) is 0 Å². The van der Waals surface area contributed by atoms with Crippen molar-refractivity contribution in [3.8, 4) is 0 Å². The third kappa shape index (κ3) is 2.85. The van der Waals surface area contributed by atoms with Crippen molar-refractivity contribution >= 4 is 22.8 Å². The Hall–Kier alpha value is -2.51. The van der Waals surface area contributed by atoms with Crippen molar-refractivity contribution in [2.24, 2.45) is 12.5 Å². The Labute approximate surface area is 141 Å². The van der Waals surface area contributed by atoms with E-state index in [1.807, 2.05) is 0 Å². The molecule has 25 heavy (non-hydrogen) atoms. The summed E-state index contributed by atoms with van der Waals surface area (Å²) in [5.74, 6) is -1.34. The Morgan fingerprint density at radius 3 is 2.48 bits per heavy atom. The van der Waals surface area contributed by atoms with Crippen molar-refractivity contribution in [2.45, 2.75) is 19.5 Å². The molecule has 0 bridgehead atoms. The summed E-state index contributed by atoms with van der Waals surface area (Å²) in [6.07, 6.45) is -4.11. The first-order valence-corrected chi connectivity index (χ1v) is 7.72. The number of carboxylic acid groups (broad SMARTS) is 1. The first-order chi connectivity index (χ1) is 11.5. The molecule has 0 radical (unpaired) electrons. The second-order valence-corrected chi connectivity index (χ2v) is 6.70. The van der Waals surface area contributed by atoms with Gasteiger partial charge in [-0.1, -0.05) is 0 Å². The van der Waals surface area contributed by atoms with E-state index in [4.69, 9.17) is 0 Å². The fourth-order valence-electron chi connectivity index (χ4n) is 3.20. The molecule has 0 aliphatic carbocycles. The average molecular weight is 354 g/mol. The van der Waals surface area contributed by atoms with Gasteiger partial charge in [0.2, 0.25) is 0 Å². The minimum atomic E-state index is -4.45. The van der Waals surface area contributed by atoms with Gasteiger partial charge in [0, 0.05) is 31.0 Å². The summed E-state index contributed by atoms with van der Waals surface area (Å²) in [5.41, 5.74) is -1.02. The van der Waals surface area contributed by atoms with Crippen LogP contribution in [-0.2, 0) is 18.0 Å². The molecule has 1 aromatic heterocycles. The van der Waals surface area contributed by atoms with Crippen LogP contribution >= 0.6 is 0 Å². The molecule has 134 valence electrons. The van der Waals surface area contributed by atoms with E-state index < -0.39 is 23.1 Å². The fraction of sp³-hybridized carbons (Fsp3) is 0.412. The molecule has 0 unspecified atom stereocenters. The molecule has 2 heterocycles. The number of carbonyl (C=O) groups excluding carboxylic acids is 1. The van der Waals surface area contributed by atoms with Gasteiger partial charge in [-0.3, -0.25) is 9.59 Å². The van der Waals surface area contributed by atoms with Crippen LogP contribution in [0.25, 0.3) is 10.9 Å². The normalized spacial score (nSPS) is 21.1. The van der Waals surface area contributed by atoms with Crippen LogP contribution in [0.1, 0.15) is 29.4 Å². The highest BCUT2D eigenvalue weighted by atomic mass is 19.4. The Morgan fingerprint density at radius 2 is 1.92 bits per heavy atom. The third-order valence-electron chi connectivity index (χ3n) is 4.87. The highest BCUT2D eigenvalue weighted by Crippen LogP contribution is 2.34. The molecule has 5 nitrogen and oxygen atoms in total. The molecule has 1 N–H and O–H groups in total. The molecule has 3 rings (SSSR count). The molecule has 1 fully saturated rings. The second kappa shape index (κ2) is 5.50. The van der Waals surface area contributed by atoms with Crippen LogP contribution in [0.5, 0.6) is 0 Å². The monoisotopic (exact) mass is 354 g/mol. The number of aromatic nitrogens is 1. The summed E-state index contributed by atoms with van der Waals surface area (Å²) in [6, 6.07) is 4.75. The zero-order chi connectivity index (χ0) is 18.6. The maximum absolute atomic E-state index is 12.9. The summed E-state index contributed by atoms with van der Waals surface area (Å²) in [7, 11) is 1.61. The van der Waals surface area contributed by atoms with Gasteiger partial charge in [0.1, 0.15) is 5.69 Å². The molecule has 2 aromatic rings. The number of aryl methyl sites for hydroxylation is 1. The van der Waals surface area contributed by atoms with E-state index in [9.17, 15) is 27.9 Å². The number of likely N-dealkylation sites (tertiary alicyclic amines) is 1. The van der Waals surface area contributed by atoms with E-state index in [2.05, 4.69) is 0 Å². The first kappa shape index (κ1) is 17.3. The summed E-state index contributed by atoms with van der Waals surface area (Å²) in [5, 5.41) is 9.59. The van der Waals surface area contributed by atoms with Crippen LogP contribution in [0.4, 0.5) is 13.2 Å². The molecule has 1 amide bonds. The van der Waals surface area contributed by atoms with Crippen molar-refractivity contribution in [3.63, 3.8) is 0 Å². The topological polar surface area (TPSA) is 62.5 Å². The van der Waals surface area contributed by atoms with E-state index in [-0.39, 0.29) is 18.1 Å². The number of carbonyl (C=O) groups is 2. The molecule has 8 heteroatoms. The zero-order valence-corrected chi connectivity index (χ0v) is 13.7. The Bertz CT molecular complexity index is 872. The minimum absolute atomic E-state index is 0.0799. The number of halogens is 3. The van der Waals surface area contributed by atoms with Gasteiger partial charge in [0.15, 0.2) is 0 Å². The van der Waals surface area contributed by atoms with Gasteiger partial charge < -0.3 is 14.6 Å². The highest BCUT2D eigenvalue weighted by Gasteiger charge is 2.42. The zero-order valence-electron chi connectivity index (χ0n) is 13.7. The number of nitrogens with zero attached hydrogens (tertiary/aromatic N) is 2. The second-order valence-electron chi connectivity index (χ2n) is 6.70. The maximum Gasteiger partial charge on any atom is 0.416 e. The van der Waals surface area contributed by atoms with Gasteiger partial charge in [-0.15, -0.1) is 0 Å². The van der Waals surface area contributed by atoms with Gasteiger partial charge in [0.05, 0.1) is 11.0 Å². The maximum atomic E-state index is 12.9. The smallest absolute Gasteiger partial charge is 0.416 e. The third-order valence-corrected chi connectivity index (χ3v) is 4.87. The number of amides is 1. The summed E-state index contributed by atoms with van der Waals surface area (Å²) in [6.45, 7) is 1.97. The number of fused-ring (bicyclic) bond motifs is 1. The molecular weight excluding hydrogens is 337 g/mol. The van der Waals surface area contributed by atoms with E-state index in [1.165, 1.54) is 21.6 Å². The lowest BCUT2D eigenvalue weighted by Gasteiger charge is -2.20. The van der Waals surface area contributed by atoms with Crippen molar-refractivity contribution in [2.75, 3.05) is 13.1 Å². The van der Waals surface area contributed by atoms with Crippen molar-refractivity contribution in [3.05, 3.63) is 35.5 Å². The fourth-order valence-corrected chi connectivity index (χ4v) is 3.20. The largest absolute Gasteiger partial charge is 0.481 e. The predicted octanol–water partition coefficient (Wildman–Crippen LogP) is 3.13. The van der Waals surface area contributed by atoms with Gasteiger partial charge in [-0.2, -0.15) is 13.2 Å². The van der Waals surface area contributed by atoms with Gasteiger partial charge >= 0.3 is 12.1 Å². The molecule has 1 aliphatic heterocycles. The number of rotatable bonds is 2. The lowest BCUT2D eigenvalue weighted by molar-refractivity contribution is -0.147. The Morgan fingerprint density at radius 1 is 1.24 bits per heavy atom. The quantitative estimate of drug-likeness (QED) is 0.901. The predicted molar refractivity (Wildman–Crippen MR) is 84.2 cm³/mol. The standard InChI is InChI=1S/C17H17F3N2O3/c1-16(15(24)25)5-6-22(9-16)14(23)13-8-10-7-11(17(18,19)20)3-4-12(10)21(13)2/h3-4,7-8H,5-6,9H2,1-2H3,(H,24,25)/t16-/m0/s1. The van der Waals surface area contributed by atoms with E-state index in [0.29, 0.717) is 23.9 Å². The SMILES string of the molecule is Cn1c(C(=O)N2CC[C@](C)(C(=O)O)C2)cc2cc(C(F)(F)F)ccc21. The number of carboxylic acids is 1. The number of aliphatic carboxylic acids is 1. The van der Waals surface area contributed by atoms with Gasteiger partial charge in [-0.05, 0) is 37.6 Å². The Kier molecular flexibility index (Phi) is 3.81. The molecule has 0 saturated carbocycles. The number of benzene rings is 1. The van der Waals surface area contributed by atoms with Crippen molar-refractivity contribution < 1.29 is 27.9 Å². The van der Waals surface area contributed by atoms with Crippen LogP contribution < -0.4 is 0 Å². The Balaban J connectivity index is 1.95. The van der Waals surface area contributed by atoms with Crippen molar-refractivity contribution in [1.82, 2.24) is 9.47 Å². The summed E-state index contributed by atoms with van der Waals surface area (Å²) < 4.78 is 40.1. The summed E-state index contributed by atoms with van der Waals surface area (Å²) in [4.78, 5) is 25.5. The lowest BCUT2D eigenvalue weighted by Crippen LogP contribution is -2.35. The number of hydrogen-bond acceptors (Lipinski definition) is 2. The van der Waals surface area contributed by atoms with Gasteiger partial charge in [0.25, 0.3) is 5.91 Å². The average Bonchev–Trinajstić information content (AvgIpc) is 3.08. The van der Waals surface area contributed by atoms with Crippen molar-refractivity contribution in [1.29, 1.82) is 0 Å². The van der Waals surface area contributed by atoms with Crippen LogP contribution in [0.2, 0.25) is 0 Å². The van der Waals surface area contributed by atoms with Crippen LogP contribution in [0, 0.1) is 5.41 Å². The molecular formula is C17H17F3N2O3. The van der Waals surface area contributed by atoms with Gasteiger partial charge in [-0.25, -0.2) is 0 Å². The number of alkyl halides is 3. The van der Waals surface area contributed by atoms with Crippen LogP contribution in [-0.4, -0.2) is 39.5 Å². The van der Waals surface area contributed by atoms with E-state index >= 15 is 0 Å². The van der Waals surface area contributed by atoms with E-state index in [1.54, 1.807) is 14.0 Å². The molecule has 1 atom stereocenters. The highest BCUT2D eigenvalue weighted by molar-refractivity contribution is 5.99. The molecule has 1 aromatic carbocycles. The number of hydrogen-bond donors (Lipinski definition) is 1. The summed E-state index contributed by atoms with van der Waals surface area (Å²) >= 11 is 0. The molecule has 1 aliphatic rings. The van der Waals surface area contributed by atoms with Crippen LogP contribution in [0.15, 0.2) is 24.3 Å². The lowest BCUT2D eigenvalue weighted by atomic mass is 9.90. The molecule has 1 saturated heterocycles. The van der Waals surface area contributed by atoms with E-state index in [0.717, 1.165) is 12.1 Å². The minimum Gasteiger partial charge on any atom is -0.481 e. The first-order valence-electron chi connectivity index (χ1n) is 7.72.